The van der Waals surface area contributed by atoms with E-state index in [1.165, 1.54) is 24.1 Å². The average molecular weight is 365 g/mol. The number of anilines is 1. The Labute approximate surface area is 153 Å². The third kappa shape index (κ3) is 4.79. The first kappa shape index (κ1) is 18.3. The van der Waals surface area contributed by atoms with Crippen LogP contribution in [0.5, 0.6) is 0 Å². The Morgan fingerprint density at radius 2 is 2.00 bits per heavy atom. The number of nitrogens with zero attached hydrogens (tertiary/aromatic N) is 3. The molecule has 1 atom stereocenters. The van der Waals surface area contributed by atoms with E-state index in [2.05, 4.69) is 22.1 Å². The lowest BCUT2D eigenvalue weighted by Crippen LogP contribution is -2.40. The molecule has 1 aromatic heterocycles. The lowest BCUT2D eigenvalue weighted by Gasteiger charge is -2.32. The van der Waals surface area contributed by atoms with Crippen LogP contribution in [0.1, 0.15) is 50.8 Å². The highest BCUT2D eigenvalue weighted by molar-refractivity contribution is 7.15. The molecule has 3 rings (SSSR count). The van der Waals surface area contributed by atoms with Crippen molar-refractivity contribution in [2.24, 2.45) is 5.92 Å². The molecule has 0 aromatic carbocycles. The summed E-state index contributed by atoms with van der Waals surface area (Å²) in [6, 6.07) is 0.625. The molecule has 6 nitrogen and oxygen atoms in total. The van der Waals surface area contributed by atoms with E-state index in [-0.39, 0.29) is 17.7 Å². The summed E-state index contributed by atoms with van der Waals surface area (Å²) in [5, 5.41) is 3.66. The van der Waals surface area contributed by atoms with Crippen molar-refractivity contribution in [1.29, 1.82) is 0 Å². The van der Waals surface area contributed by atoms with Crippen molar-refractivity contribution in [3.05, 3.63) is 11.1 Å². The van der Waals surface area contributed by atoms with Crippen molar-refractivity contribution in [2.75, 3.05) is 25.0 Å². The van der Waals surface area contributed by atoms with E-state index in [1.54, 1.807) is 18.3 Å². The number of aromatic nitrogens is 1. The lowest BCUT2D eigenvalue weighted by molar-refractivity contribution is -0.132. The zero-order valence-electron chi connectivity index (χ0n) is 15.2. The molecule has 3 heterocycles. The molecule has 1 N–H and O–H groups in total. The minimum absolute atomic E-state index is 0.0231. The number of hydrogen-bond donors (Lipinski definition) is 1. The Morgan fingerprint density at radius 3 is 2.68 bits per heavy atom. The summed E-state index contributed by atoms with van der Waals surface area (Å²) in [6.45, 7) is 7.28. The maximum atomic E-state index is 12.4. The maximum Gasteiger partial charge on any atom is 0.229 e. The van der Waals surface area contributed by atoms with Gasteiger partial charge in [0, 0.05) is 49.6 Å². The molecule has 1 unspecified atom stereocenters. The van der Waals surface area contributed by atoms with Crippen LogP contribution in [0.2, 0.25) is 0 Å². The molecule has 2 saturated heterocycles. The lowest BCUT2D eigenvalue weighted by atomic mass is 9.96. The van der Waals surface area contributed by atoms with Gasteiger partial charge >= 0.3 is 0 Å². The molecular weight excluding hydrogens is 336 g/mol. The smallest absolute Gasteiger partial charge is 0.229 e. The van der Waals surface area contributed by atoms with Gasteiger partial charge in [0.05, 0.1) is 0 Å². The summed E-state index contributed by atoms with van der Waals surface area (Å²) in [5.41, 5.74) is 0. The fourth-order valence-electron chi connectivity index (χ4n) is 3.70. The number of carbonyl (C=O) groups excluding carboxylic acids is 2. The van der Waals surface area contributed by atoms with Gasteiger partial charge < -0.3 is 10.2 Å². The zero-order chi connectivity index (χ0) is 17.8. The average Bonchev–Trinajstić information content (AvgIpc) is 3.04. The third-order valence-corrected chi connectivity index (χ3v) is 6.29. The van der Waals surface area contributed by atoms with Crippen LogP contribution >= 0.6 is 11.3 Å². The number of likely N-dealkylation sites (tertiary alicyclic amines) is 2. The van der Waals surface area contributed by atoms with Crippen molar-refractivity contribution >= 4 is 28.3 Å². The summed E-state index contributed by atoms with van der Waals surface area (Å²) in [5.74, 6) is 0.107. The standard InChI is InChI=1S/C18H28N4O2S/c1-13-5-3-4-8-22(13)12-16-11-19-18(25-16)20-17(24)15-6-9-21(10-7-15)14(2)23/h11,13,15H,3-10,12H2,1-2H3,(H,19,20,24). The summed E-state index contributed by atoms with van der Waals surface area (Å²) >= 11 is 1.58. The van der Waals surface area contributed by atoms with Crippen LogP contribution in [-0.2, 0) is 16.1 Å². The predicted molar refractivity (Wildman–Crippen MR) is 99.4 cm³/mol. The quantitative estimate of drug-likeness (QED) is 0.892. The molecule has 0 aliphatic carbocycles. The SMILES string of the molecule is CC(=O)N1CCC(C(=O)Nc2ncc(CN3CCCCC3C)s2)CC1. The van der Waals surface area contributed by atoms with Crippen LogP contribution in [0, 0.1) is 5.92 Å². The Bertz CT molecular complexity index is 610. The highest BCUT2D eigenvalue weighted by Gasteiger charge is 2.26. The van der Waals surface area contributed by atoms with Gasteiger partial charge in [-0.05, 0) is 39.2 Å². The fourth-order valence-corrected chi connectivity index (χ4v) is 4.54. The summed E-state index contributed by atoms with van der Waals surface area (Å²) in [4.78, 5) is 33.7. The molecule has 2 aliphatic heterocycles. The molecule has 1 aromatic rings. The molecular formula is C18H28N4O2S. The van der Waals surface area contributed by atoms with E-state index in [0.29, 0.717) is 24.3 Å². The van der Waals surface area contributed by atoms with Crippen LogP contribution in [0.15, 0.2) is 6.20 Å². The minimum Gasteiger partial charge on any atom is -0.343 e. The molecule has 0 saturated carbocycles. The number of amides is 2. The van der Waals surface area contributed by atoms with Gasteiger partial charge in [-0.1, -0.05) is 6.42 Å². The number of carbonyl (C=O) groups is 2. The molecule has 0 spiro atoms. The molecule has 2 fully saturated rings. The van der Waals surface area contributed by atoms with Crippen LogP contribution < -0.4 is 5.32 Å². The van der Waals surface area contributed by atoms with E-state index in [1.807, 2.05) is 11.1 Å². The molecule has 138 valence electrons. The number of rotatable bonds is 4. The zero-order valence-corrected chi connectivity index (χ0v) is 16.0. The first-order chi connectivity index (χ1) is 12.0. The fraction of sp³-hybridized carbons (Fsp3) is 0.722. The Morgan fingerprint density at radius 1 is 1.24 bits per heavy atom. The van der Waals surface area contributed by atoms with Gasteiger partial charge in [-0.2, -0.15) is 0 Å². The largest absolute Gasteiger partial charge is 0.343 e. The van der Waals surface area contributed by atoms with Crippen LogP contribution in [0.4, 0.5) is 5.13 Å². The third-order valence-electron chi connectivity index (χ3n) is 5.39. The van der Waals surface area contributed by atoms with Crippen LogP contribution in [-0.4, -0.2) is 52.3 Å². The Balaban J connectivity index is 1.49. The van der Waals surface area contributed by atoms with E-state index < -0.39 is 0 Å². The van der Waals surface area contributed by atoms with Crippen molar-refractivity contribution in [3.8, 4) is 0 Å². The predicted octanol–water partition coefficient (Wildman–Crippen LogP) is 2.71. The second kappa shape index (κ2) is 8.27. The van der Waals surface area contributed by atoms with Gasteiger partial charge in [0.1, 0.15) is 0 Å². The van der Waals surface area contributed by atoms with E-state index in [0.717, 1.165) is 25.9 Å². The van der Waals surface area contributed by atoms with E-state index in [9.17, 15) is 9.59 Å². The Hall–Kier alpha value is -1.47. The van der Waals surface area contributed by atoms with Gasteiger partial charge in [0.2, 0.25) is 11.8 Å². The van der Waals surface area contributed by atoms with Crippen molar-refractivity contribution in [3.63, 3.8) is 0 Å². The molecule has 0 radical (unpaired) electrons. The minimum atomic E-state index is -0.0231. The van der Waals surface area contributed by atoms with Crippen molar-refractivity contribution < 1.29 is 9.59 Å². The topological polar surface area (TPSA) is 65.5 Å². The van der Waals surface area contributed by atoms with Gasteiger partial charge in [0.15, 0.2) is 5.13 Å². The highest BCUT2D eigenvalue weighted by atomic mass is 32.1. The van der Waals surface area contributed by atoms with E-state index >= 15 is 0 Å². The molecule has 25 heavy (non-hydrogen) atoms. The van der Waals surface area contributed by atoms with E-state index in [4.69, 9.17) is 0 Å². The molecule has 2 aliphatic rings. The molecule has 7 heteroatoms. The molecule has 0 bridgehead atoms. The van der Waals surface area contributed by atoms with Gasteiger partial charge in [-0.3, -0.25) is 14.5 Å². The van der Waals surface area contributed by atoms with Gasteiger partial charge in [-0.15, -0.1) is 11.3 Å². The number of hydrogen-bond acceptors (Lipinski definition) is 5. The van der Waals surface area contributed by atoms with Crippen LogP contribution in [0.25, 0.3) is 0 Å². The maximum absolute atomic E-state index is 12.4. The monoisotopic (exact) mass is 364 g/mol. The van der Waals surface area contributed by atoms with Crippen molar-refractivity contribution in [2.45, 2.75) is 58.5 Å². The van der Waals surface area contributed by atoms with Gasteiger partial charge in [-0.25, -0.2) is 4.98 Å². The van der Waals surface area contributed by atoms with Crippen molar-refractivity contribution in [1.82, 2.24) is 14.8 Å². The summed E-state index contributed by atoms with van der Waals surface area (Å²) < 4.78 is 0. The first-order valence-corrected chi connectivity index (χ1v) is 10.1. The highest BCUT2D eigenvalue weighted by Crippen LogP contribution is 2.25. The summed E-state index contributed by atoms with van der Waals surface area (Å²) in [6.07, 6.45) is 7.21. The number of thiazole rings is 1. The summed E-state index contributed by atoms with van der Waals surface area (Å²) in [7, 11) is 0. The second-order valence-electron chi connectivity index (χ2n) is 7.22. The molecule has 2 amide bonds. The normalized spacial score (nSPS) is 22.8. The first-order valence-electron chi connectivity index (χ1n) is 9.28. The number of piperidine rings is 2. The van der Waals surface area contributed by atoms with Crippen LogP contribution in [0.3, 0.4) is 0 Å². The van der Waals surface area contributed by atoms with Gasteiger partial charge in [0.25, 0.3) is 0 Å². The Kier molecular flexibility index (Phi) is 6.06. The number of nitrogens with one attached hydrogen (secondary N) is 1. The second-order valence-corrected chi connectivity index (χ2v) is 8.33.